The van der Waals surface area contributed by atoms with Gasteiger partial charge in [-0.25, -0.2) is 4.39 Å². The molecule has 1 fully saturated rings. The first-order chi connectivity index (χ1) is 9.67. The molecule has 1 aromatic carbocycles. The van der Waals surface area contributed by atoms with Crippen LogP contribution in [0.25, 0.3) is 0 Å². The highest BCUT2D eigenvalue weighted by molar-refractivity contribution is 9.10. The molecule has 0 aromatic heterocycles. The van der Waals surface area contributed by atoms with Crippen LogP contribution in [0, 0.1) is 5.82 Å². The van der Waals surface area contributed by atoms with Crippen molar-refractivity contribution in [3.8, 4) is 0 Å². The topological polar surface area (TPSA) is 29.3 Å². The van der Waals surface area contributed by atoms with Crippen LogP contribution in [0.2, 0.25) is 0 Å². The zero-order chi connectivity index (χ0) is 14.5. The fraction of sp³-hybridized carbons (Fsp3) is 0.625. The summed E-state index contributed by atoms with van der Waals surface area (Å²) in [7, 11) is 0. The molecule has 4 heteroatoms. The average molecular weight is 343 g/mol. The van der Waals surface area contributed by atoms with Crippen molar-refractivity contribution in [2.45, 2.75) is 51.1 Å². The minimum Gasteiger partial charge on any atom is -0.329 e. The Kier molecular flexibility index (Phi) is 6.00. The molecule has 20 heavy (non-hydrogen) atoms. The van der Waals surface area contributed by atoms with E-state index in [4.69, 9.17) is 5.73 Å². The lowest BCUT2D eigenvalue weighted by Gasteiger charge is -2.36. The van der Waals surface area contributed by atoms with Crippen LogP contribution in [0.5, 0.6) is 0 Å². The Labute approximate surface area is 129 Å². The molecule has 0 spiro atoms. The lowest BCUT2D eigenvalue weighted by molar-refractivity contribution is 0.136. The lowest BCUT2D eigenvalue weighted by Crippen LogP contribution is -2.41. The Bertz CT molecular complexity index is 438. The molecular weight excluding hydrogens is 319 g/mol. The highest BCUT2D eigenvalue weighted by Crippen LogP contribution is 2.30. The van der Waals surface area contributed by atoms with E-state index in [1.54, 1.807) is 0 Å². The van der Waals surface area contributed by atoms with E-state index < -0.39 is 0 Å². The zero-order valence-electron chi connectivity index (χ0n) is 12.1. The van der Waals surface area contributed by atoms with Gasteiger partial charge in [0, 0.05) is 18.6 Å². The predicted molar refractivity (Wildman–Crippen MR) is 85.1 cm³/mol. The maximum atomic E-state index is 13.4. The van der Waals surface area contributed by atoms with Crippen molar-refractivity contribution < 1.29 is 4.39 Å². The molecular formula is C16H24BrFN2. The molecule has 1 aliphatic rings. The van der Waals surface area contributed by atoms with Crippen molar-refractivity contribution in [2.75, 3.05) is 13.1 Å². The maximum Gasteiger partial charge on any atom is 0.137 e. The molecule has 1 aliphatic heterocycles. The van der Waals surface area contributed by atoms with Gasteiger partial charge in [0.25, 0.3) is 0 Å². The van der Waals surface area contributed by atoms with Crippen molar-refractivity contribution in [1.29, 1.82) is 0 Å². The van der Waals surface area contributed by atoms with Crippen LogP contribution in [0.15, 0.2) is 22.7 Å². The van der Waals surface area contributed by atoms with Gasteiger partial charge in [-0.1, -0.05) is 25.8 Å². The van der Waals surface area contributed by atoms with Gasteiger partial charge in [0.15, 0.2) is 0 Å². The molecule has 1 aromatic rings. The highest BCUT2D eigenvalue weighted by atomic mass is 79.9. The van der Waals surface area contributed by atoms with Crippen molar-refractivity contribution in [3.63, 3.8) is 0 Å². The third kappa shape index (κ3) is 3.60. The summed E-state index contributed by atoms with van der Waals surface area (Å²) < 4.78 is 13.9. The molecule has 0 saturated carbocycles. The lowest BCUT2D eigenvalue weighted by atomic mass is 10.0. The van der Waals surface area contributed by atoms with E-state index in [0.717, 1.165) is 18.5 Å². The Morgan fingerprint density at radius 3 is 2.85 bits per heavy atom. The normalized spacial score (nSPS) is 22.5. The van der Waals surface area contributed by atoms with Gasteiger partial charge in [-0.15, -0.1) is 0 Å². The van der Waals surface area contributed by atoms with Crippen LogP contribution >= 0.6 is 15.9 Å². The molecule has 0 amide bonds. The maximum absolute atomic E-state index is 13.4. The monoisotopic (exact) mass is 342 g/mol. The summed E-state index contributed by atoms with van der Waals surface area (Å²) in [6.45, 7) is 3.92. The number of likely N-dealkylation sites (tertiary alicyclic amines) is 1. The molecule has 1 heterocycles. The van der Waals surface area contributed by atoms with Gasteiger partial charge in [0.05, 0.1) is 4.47 Å². The fourth-order valence-corrected chi connectivity index (χ4v) is 3.63. The van der Waals surface area contributed by atoms with Crippen LogP contribution in [-0.4, -0.2) is 24.0 Å². The SMILES string of the molecule is CCC1CCCCCN1C(CN)c1ccc(F)c(Br)c1. The smallest absolute Gasteiger partial charge is 0.137 e. The van der Waals surface area contributed by atoms with E-state index in [1.165, 1.54) is 31.7 Å². The summed E-state index contributed by atoms with van der Waals surface area (Å²) in [6, 6.07) is 6.06. The van der Waals surface area contributed by atoms with Crippen LogP contribution < -0.4 is 5.73 Å². The van der Waals surface area contributed by atoms with E-state index in [0.29, 0.717) is 17.1 Å². The van der Waals surface area contributed by atoms with Crippen LogP contribution in [0.4, 0.5) is 4.39 Å². The highest BCUT2D eigenvalue weighted by Gasteiger charge is 2.27. The quantitative estimate of drug-likeness (QED) is 0.886. The molecule has 1 saturated heterocycles. The standard InChI is InChI=1S/C16H24BrFN2/c1-2-13-6-4-3-5-9-20(13)16(11-19)12-7-8-15(18)14(17)10-12/h7-8,10,13,16H,2-6,9,11,19H2,1H3. The molecule has 0 bridgehead atoms. The van der Waals surface area contributed by atoms with Gasteiger partial charge >= 0.3 is 0 Å². The summed E-state index contributed by atoms with van der Waals surface area (Å²) in [5.74, 6) is -0.215. The second kappa shape index (κ2) is 7.53. The molecule has 112 valence electrons. The number of hydrogen-bond acceptors (Lipinski definition) is 2. The molecule has 2 rings (SSSR count). The van der Waals surface area contributed by atoms with Crippen molar-refractivity contribution >= 4 is 15.9 Å². The summed E-state index contributed by atoms with van der Waals surface area (Å²) >= 11 is 3.28. The van der Waals surface area contributed by atoms with E-state index in [-0.39, 0.29) is 11.9 Å². The van der Waals surface area contributed by atoms with E-state index in [1.807, 2.05) is 12.1 Å². The Morgan fingerprint density at radius 2 is 2.20 bits per heavy atom. The Morgan fingerprint density at radius 1 is 1.40 bits per heavy atom. The Balaban J connectivity index is 2.26. The Hall–Kier alpha value is -0.450. The number of rotatable bonds is 4. The molecule has 2 nitrogen and oxygen atoms in total. The summed E-state index contributed by atoms with van der Waals surface area (Å²) in [4.78, 5) is 2.53. The zero-order valence-corrected chi connectivity index (χ0v) is 13.7. The first kappa shape index (κ1) is 15.9. The van der Waals surface area contributed by atoms with Gasteiger partial charge in [-0.05, 0) is 59.4 Å². The van der Waals surface area contributed by atoms with E-state index in [2.05, 4.69) is 27.8 Å². The second-order valence-corrected chi connectivity index (χ2v) is 6.43. The van der Waals surface area contributed by atoms with Gasteiger partial charge in [0.2, 0.25) is 0 Å². The van der Waals surface area contributed by atoms with Crippen LogP contribution in [-0.2, 0) is 0 Å². The second-order valence-electron chi connectivity index (χ2n) is 5.57. The van der Waals surface area contributed by atoms with Gasteiger partial charge in [-0.2, -0.15) is 0 Å². The average Bonchev–Trinajstić information content (AvgIpc) is 2.69. The molecule has 2 atom stereocenters. The van der Waals surface area contributed by atoms with Gasteiger partial charge in [0.1, 0.15) is 5.82 Å². The number of halogens is 2. The molecule has 0 aliphatic carbocycles. The first-order valence-corrected chi connectivity index (χ1v) is 8.37. The molecule has 2 unspecified atom stereocenters. The first-order valence-electron chi connectivity index (χ1n) is 7.58. The van der Waals surface area contributed by atoms with Crippen LogP contribution in [0.1, 0.15) is 50.6 Å². The molecule has 2 N–H and O–H groups in total. The largest absolute Gasteiger partial charge is 0.329 e. The van der Waals surface area contributed by atoms with E-state index in [9.17, 15) is 4.39 Å². The van der Waals surface area contributed by atoms with Crippen molar-refractivity contribution in [1.82, 2.24) is 4.90 Å². The van der Waals surface area contributed by atoms with Crippen LogP contribution in [0.3, 0.4) is 0 Å². The fourth-order valence-electron chi connectivity index (χ4n) is 3.23. The number of hydrogen-bond donors (Lipinski definition) is 1. The number of benzene rings is 1. The third-order valence-corrected chi connectivity index (χ3v) is 4.95. The number of nitrogens with zero attached hydrogens (tertiary/aromatic N) is 1. The third-order valence-electron chi connectivity index (χ3n) is 4.35. The van der Waals surface area contributed by atoms with Gasteiger partial charge in [-0.3, -0.25) is 4.90 Å². The summed E-state index contributed by atoms with van der Waals surface area (Å²) in [6.07, 6.45) is 6.24. The minimum atomic E-state index is -0.215. The van der Waals surface area contributed by atoms with Crippen molar-refractivity contribution in [3.05, 3.63) is 34.1 Å². The van der Waals surface area contributed by atoms with Gasteiger partial charge < -0.3 is 5.73 Å². The number of nitrogens with two attached hydrogens (primary N) is 1. The minimum absolute atomic E-state index is 0.190. The summed E-state index contributed by atoms with van der Waals surface area (Å²) in [5, 5.41) is 0. The predicted octanol–water partition coefficient (Wildman–Crippen LogP) is 4.24. The molecule has 0 radical (unpaired) electrons. The summed E-state index contributed by atoms with van der Waals surface area (Å²) in [5.41, 5.74) is 7.15. The van der Waals surface area contributed by atoms with E-state index >= 15 is 0 Å². The van der Waals surface area contributed by atoms with Crippen molar-refractivity contribution in [2.24, 2.45) is 5.73 Å².